The van der Waals surface area contributed by atoms with Gasteiger partial charge in [0.2, 0.25) is 0 Å². The Morgan fingerprint density at radius 2 is 1.73 bits per heavy atom. The molecule has 0 heterocycles. The molecule has 0 unspecified atom stereocenters. The van der Waals surface area contributed by atoms with Gasteiger partial charge in [-0.3, -0.25) is 0 Å². The topological polar surface area (TPSA) is 79.5 Å². The van der Waals surface area contributed by atoms with Crippen molar-refractivity contribution in [2.45, 2.75) is 20.8 Å². The minimum atomic E-state index is -1.27. The SMILES string of the molecule is Cc1ccc(C)c(OCCOc2ccccc2C=C(C#N)C(=O)O)c1C. The molecule has 2 rings (SSSR count). The van der Waals surface area contributed by atoms with Crippen LogP contribution in [0.4, 0.5) is 0 Å². The lowest BCUT2D eigenvalue weighted by Crippen LogP contribution is -2.11. The Morgan fingerprint density at radius 1 is 1.08 bits per heavy atom. The average Bonchev–Trinajstić information content (AvgIpc) is 2.63. The van der Waals surface area contributed by atoms with Gasteiger partial charge in [0.25, 0.3) is 0 Å². The third-order valence-corrected chi connectivity index (χ3v) is 4.03. The van der Waals surface area contributed by atoms with Crippen LogP contribution in [0, 0.1) is 32.1 Å². The Balaban J connectivity index is 2.05. The number of nitriles is 1. The smallest absolute Gasteiger partial charge is 0.346 e. The molecule has 0 bridgehead atoms. The van der Waals surface area contributed by atoms with E-state index in [4.69, 9.17) is 19.8 Å². The van der Waals surface area contributed by atoms with Gasteiger partial charge in [-0.05, 0) is 49.6 Å². The van der Waals surface area contributed by atoms with E-state index in [-0.39, 0.29) is 5.57 Å². The molecule has 0 spiro atoms. The summed E-state index contributed by atoms with van der Waals surface area (Å²) < 4.78 is 11.6. The highest BCUT2D eigenvalue weighted by Gasteiger charge is 2.09. The van der Waals surface area contributed by atoms with Crippen LogP contribution in [0.3, 0.4) is 0 Å². The summed E-state index contributed by atoms with van der Waals surface area (Å²) in [7, 11) is 0. The first-order valence-corrected chi connectivity index (χ1v) is 8.20. The van der Waals surface area contributed by atoms with Crippen molar-refractivity contribution in [2.24, 2.45) is 0 Å². The van der Waals surface area contributed by atoms with Gasteiger partial charge in [0, 0.05) is 5.56 Å². The molecule has 0 aliphatic heterocycles. The van der Waals surface area contributed by atoms with Crippen LogP contribution in [-0.2, 0) is 4.79 Å². The van der Waals surface area contributed by atoms with Gasteiger partial charge in [-0.25, -0.2) is 4.79 Å². The van der Waals surface area contributed by atoms with Crippen LogP contribution in [0.1, 0.15) is 22.3 Å². The van der Waals surface area contributed by atoms with Gasteiger partial charge in [-0.2, -0.15) is 5.26 Å². The van der Waals surface area contributed by atoms with Crippen molar-refractivity contribution in [3.8, 4) is 17.6 Å². The van der Waals surface area contributed by atoms with Gasteiger partial charge in [0.15, 0.2) is 0 Å². The predicted molar refractivity (Wildman–Crippen MR) is 99.3 cm³/mol. The number of aliphatic carboxylic acids is 1. The molecule has 5 nitrogen and oxygen atoms in total. The van der Waals surface area contributed by atoms with E-state index in [9.17, 15) is 4.79 Å². The second kappa shape index (κ2) is 8.72. The molecule has 0 radical (unpaired) electrons. The lowest BCUT2D eigenvalue weighted by Gasteiger charge is -2.15. The Labute approximate surface area is 153 Å². The molecule has 0 aliphatic rings. The van der Waals surface area contributed by atoms with Crippen molar-refractivity contribution in [1.29, 1.82) is 5.26 Å². The number of carboxylic acid groups (broad SMARTS) is 1. The second-order valence-corrected chi connectivity index (χ2v) is 5.86. The molecule has 0 aliphatic carbocycles. The van der Waals surface area contributed by atoms with Gasteiger partial charge >= 0.3 is 5.97 Å². The molecule has 0 fully saturated rings. The maximum Gasteiger partial charge on any atom is 0.346 e. The van der Waals surface area contributed by atoms with Gasteiger partial charge in [0.1, 0.15) is 36.4 Å². The first-order chi connectivity index (χ1) is 12.4. The third-order valence-electron chi connectivity index (χ3n) is 4.03. The third kappa shape index (κ3) is 4.64. The quantitative estimate of drug-likeness (QED) is 0.462. The van der Waals surface area contributed by atoms with Gasteiger partial charge < -0.3 is 14.6 Å². The van der Waals surface area contributed by atoms with Gasteiger partial charge in [-0.15, -0.1) is 0 Å². The zero-order valence-corrected chi connectivity index (χ0v) is 15.1. The second-order valence-electron chi connectivity index (χ2n) is 5.86. The minimum absolute atomic E-state index is 0.298. The van der Waals surface area contributed by atoms with Crippen molar-refractivity contribution in [3.05, 3.63) is 64.2 Å². The molecule has 0 saturated heterocycles. The van der Waals surface area contributed by atoms with Crippen LogP contribution in [0.2, 0.25) is 0 Å². The van der Waals surface area contributed by atoms with E-state index in [2.05, 4.69) is 6.07 Å². The number of ether oxygens (including phenoxy) is 2. The van der Waals surface area contributed by atoms with E-state index in [1.807, 2.05) is 26.8 Å². The Kier molecular flexibility index (Phi) is 6.40. The minimum Gasteiger partial charge on any atom is -0.489 e. The Bertz CT molecular complexity index is 878. The molecule has 1 N–H and O–H groups in total. The number of hydrogen-bond acceptors (Lipinski definition) is 4. The predicted octanol–water partition coefficient (Wildman–Crippen LogP) is 4.06. The molecule has 0 amide bonds. The summed E-state index contributed by atoms with van der Waals surface area (Å²) in [5.41, 5.74) is 3.53. The zero-order chi connectivity index (χ0) is 19.1. The summed E-state index contributed by atoms with van der Waals surface area (Å²) in [6.45, 7) is 6.71. The Morgan fingerprint density at radius 3 is 2.42 bits per heavy atom. The number of benzene rings is 2. The van der Waals surface area contributed by atoms with E-state index in [0.29, 0.717) is 24.5 Å². The standard InChI is InChI=1S/C21H21NO4/c1-14-8-9-15(2)20(16(14)3)26-11-10-25-19-7-5-4-6-17(19)12-18(13-22)21(23)24/h4-9,12H,10-11H2,1-3H3,(H,23,24). The summed E-state index contributed by atoms with van der Waals surface area (Å²) >= 11 is 0. The number of rotatable bonds is 7. The average molecular weight is 351 g/mol. The molecule has 5 heteroatoms. The van der Waals surface area contributed by atoms with Crippen LogP contribution in [0.25, 0.3) is 6.08 Å². The van der Waals surface area contributed by atoms with Crippen LogP contribution >= 0.6 is 0 Å². The first-order valence-electron chi connectivity index (χ1n) is 8.20. The fourth-order valence-electron chi connectivity index (χ4n) is 2.47. The molecule has 2 aromatic carbocycles. The summed E-state index contributed by atoms with van der Waals surface area (Å²) in [5, 5.41) is 17.9. The van der Waals surface area contributed by atoms with Crippen molar-refractivity contribution in [1.82, 2.24) is 0 Å². The number of hydrogen-bond donors (Lipinski definition) is 1. The molecule has 0 saturated carbocycles. The maximum absolute atomic E-state index is 11.0. The van der Waals surface area contributed by atoms with E-state index in [1.165, 1.54) is 11.6 Å². The van der Waals surface area contributed by atoms with E-state index >= 15 is 0 Å². The monoisotopic (exact) mass is 351 g/mol. The zero-order valence-electron chi connectivity index (χ0n) is 15.1. The summed E-state index contributed by atoms with van der Waals surface area (Å²) in [6, 6.07) is 12.7. The van der Waals surface area contributed by atoms with Crippen LogP contribution < -0.4 is 9.47 Å². The fourth-order valence-corrected chi connectivity index (χ4v) is 2.47. The number of carbonyl (C=O) groups is 1. The highest BCUT2D eigenvalue weighted by Crippen LogP contribution is 2.26. The number of nitrogens with zero attached hydrogens (tertiary/aromatic N) is 1. The first kappa shape index (κ1) is 19.1. The number of aryl methyl sites for hydroxylation is 2. The molecule has 0 aromatic heterocycles. The normalized spacial score (nSPS) is 10.9. The molecule has 26 heavy (non-hydrogen) atoms. The highest BCUT2D eigenvalue weighted by molar-refractivity contribution is 5.96. The maximum atomic E-state index is 11.0. The molecular formula is C21H21NO4. The van der Waals surface area contributed by atoms with Crippen molar-refractivity contribution in [3.63, 3.8) is 0 Å². The van der Waals surface area contributed by atoms with Crippen LogP contribution in [0.15, 0.2) is 42.0 Å². The lowest BCUT2D eigenvalue weighted by molar-refractivity contribution is -0.132. The van der Waals surface area contributed by atoms with Crippen LogP contribution in [0.5, 0.6) is 11.5 Å². The van der Waals surface area contributed by atoms with E-state index in [0.717, 1.165) is 16.9 Å². The Hall–Kier alpha value is -3.26. The summed E-state index contributed by atoms with van der Waals surface area (Å²) in [6.07, 6.45) is 1.30. The van der Waals surface area contributed by atoms with E-state index in [1.54, 1.807) is 30.3 Å². The van der Waals surface area contributed by atoms with Crippen molar-refractivity contribution < 1.29 is 19.4 Å². The van der Waals surface area contributed by atoms with Gasteiger partial charge in [0.05, 0.1) is 0 Å². The molecule has 2 aromatic rings. The van der Waals surface area contributed by atoms with E-state index < -0.39 is 5.97 Å². The summed E-state index contributed by atoms with van der Waals surface area (Å²) in [4.78, 5) is 11.0. The highest BCUT2D eigenvalue weighted by atomic mass is 16.5. The number of carboxylic acids is 1. The van der Waals surface area contributed by atoms with Crippen LogP contribution in [-0.4, -0.2) is 24.3 Å². The fraction of sp³-hybridized carbons (Fsp3) is 0.238. The molecule has 134 valence electrons. The van der Waals surface area contributed by atoms with Crippen molar-refractivity contribution >= 4 is 12.0 Å². The largest absolute Gasteiger partial charge is 0.489 e. The summed E-state index contributed by atoms with van der Waals surface area (Å²) in [5.74, 6) is 0.0956. The molecule has 0 atom stereocenters. The molecular weight excluding hydrogens is 330 g/mol. The van der Waals surface area contributed by atoms with Crippen molar-refractivity contribution in [2.75, 3.05) is 13.2 Å². The van der Waals surface area contributed by atoms with Gasteiger partial charge in [-0.1, -0.05) is 30.3 Å². The number of para-hydroxylation sites is 1. The lowest BCUT2D eigenvalue weighted by atomic mass is 10.1.